The first-order valence-corrected chi connectivity index (χ1v) is 11.9. The van der Waals surface area contributed by atoms with E-state index in [2.05, 4.69) is 5.32 Å². The van der Waals surface area contributed by atoms with E-state index in [4.69, 9.17) is 0 Å². The Hall–Kier alpha value is -3.77. The normalized spacial score (nSPS) is 25.8. The Balaban J connectivity index is 1.59. The molecule has 4 atom stereocenters. The number of imide groups is 1. The number of benzene rings is 3. The minimum atomic E-state index is -1.53. The predicted molar refractivity (Wildman–Crippen MR) is 133 cm³/mol. The van der Waals surface area contributed by atoms with Gasteiger partial charge in [-0.05, 0) is 41.2 Å². The number of para-hydroxylation sites is 1. The lowest BCUT2D eigenvalue weighted by molar-refractivity contribution is -0.149. The van der Waals surface area contributed by atoms with Crippen molar-refractivity contribution in [1.29, 1.82) is 0 Å². The third kappa shape index (κ3) is 3.74. The molecule has 0 aromatic heterocycles. The topological polar surface area (TPSA) is 86.7 Å². The number of carboxylic acid groups (broad SMARTS) is 1. The van der Waals surface area contributed by atoms with Crippen molar-refractivity contribution >= 4 is 23.5 Å². The van der Waals surface area contributed by atoms with Gasteiger partial charge in [-0.15, -0.1) is 0 Å². The summed E-state index contributed by atoms with van der Waals surface area (Å²) < 4.78 is 0. The fourth-order valence-corrected chi connectivity index (χ4v) is 5.75. The Morgan fingerprint density at radius 1 is 0.886 bits per heavy atom. The summed E-state index contributed by atoms with van der Waals surface area (Å²) in [4.78, 5) is 41.4. The smallest absolute Gasteiger partial charge is 0.324 e. The first-order chi connectivity index (χ1) is 16.8. The number of nitrogens with zero attached hydrogens (tertiary/aromatic N) is 1. The zero-order valence-electron chi connectivity index (χ0n) is 19.7. The van der Waals surface area contributed by atoms with Crippen molar-refractivity contribution in [2.75, 3.05) is 4.90 Å². The molecule has 2 heterocycles. The maximum atomic E-state index is 13.7. The molecule has 0 saturated carbocycles. The molecule has 5 rings (SSSR count). The summed E-state index contributed by atoms with van der Waals surface area (Å²) >= 11 is 0. The lowest BCUT2D eigenvalue weighted by Crippen LogP contribution is -2.56. The van der Waals surface area contributed by atoms with E-state index in [0.717, 1.165) is 16.7 Å². The van der Waals surface area contributed by atoms with Gasteiger partial charge in [-0.25, -0.2) is 4.90 Å². The van der Waals surface area contributed by atoms with E-state index in [-0.39, 0.29) is 18.2 Å². The van der Waals surface area contributed by atoms with Crippen molar-refractivity contribution in [3.05, 3.63) is 90.5 Å². The van der Waals surface area contributed by atoms with E-state index in [9.17, 15) is 19.5 Å². The van der Waals surface area contributed by atoms with E-state index >= 15 is 0 Å². The molecule has 3 aromatic rings. The summed E-state index contributed by atoms with van der Waals surface area (Å²) in [5.74, 6) is -3.70. The number of fused-ring (bicyclic) bond motifs is 1. The van der Waals surface area contributed by atoms with Crippen LogP contribution in [-0.4, -0.2) is 28.4 Å². The van der Waals surface area contributed by atoms with E-state index < -0.39 is 35.3 Å². The Labute approximate surface area is 204 Å². The van der Waals surface area contributed by atoms with Gasteiger partial charge in [0.25, 0.3) is 0 Å². The van der Waals surface area contributed by atoms with E-state index in [0.29, 0.717) is 5.69 Å². The number of carboxylic acids is 1. The maximum absolute atomic E-state index is 13.7. The SMILES string of the molecule is CC(C)CC1(C(=O)O)NC(c2ccc(-c3ccccc3)cc2)C2C(=O)N(c3ccccc3)C(=O)C21. The molecule has 3 aromatic carbocycles. The van der Waals surface area contributed by atoms with Crippen molar-refractivity contribution in [2.24, 2.45) is 17.8 Å². The van der Waals surface area contributed by atoms with Crippen LogP contribution in [0.2, 0.25) is 0 Å². The van der Waals surface area contributed by atoms with Gasteiger partial charge in [-0.1, -0.05) is 86.6 Å². The molecule has 2 amide bonds. The minimum Gasteiger partial charge on any atom is -0.480 e. The molecule has 35 heavy (non-hydrogen) atoms. The van der Waals surface area contributed by atoms with Gasteiger partial charge in [0.2, 0.25) is 11.8 Å². The van der Waals surface area contributed by atoms with Crippen LogP contribution in [0.25, 0.3) is 11.1 Å². The molecule has 0 spiro atoms. The van der Waals surface area contributed by atoms with Crippen molar-refractivity contribution in [2.45, 2.75) is 31.8 Å². The van der Waals surface area contributed by atoms with Crippen molar-refractivity contribution in [1.82, 2.24) is 5.32 Å². The van der Waals surface area contributed by atoms with Crippen LogP contribution < -0.4 is 10.2 Å². The summed E-state index contributed by atoms with van der Waals surface area (Å²) in [7, 11) is 0. The monoisotopic (exact) mass is 468 g/mol. The molecular formula is C29H28N2O4. The zero-order chi connectivity index (χ0) is 24.7. The molecule has 2 aliphatic rings. The molecular weight excluding hydrogens is 440 g/mol. The van der Waals surface area contributed by atoms with Crippen LogP contribution in [0.3, 0.4) is 0 Å². The Kier molecular flexibility index (Phi) is 5.77. The largest absolute Gasteiger partial charge is 0.480 e. The van der Waals surface area contributed by atoms with Crippen molar-refractivity contribution in [3.8, 4) is 11.1 Å². The average Bonchev–Trinajstić information content (AvgIpc) is 3.34. The maximum Gasteiger partial charge on any atom is 0.324 e. The van der Waals surface area contributed by atoms with Gasteiger partial charge in [-0.3, -0.25) is 19.7 Å². The molecule has 4 unspecified atom stereocenters. The number of aliphatic carboxylic acids is 1. The van der Waals surface area contributed by atoms with Crippen LogP contribution in [0, 0.1) is 17.8 Å². The summed E-state index contributed by atoms with van der Waals surface area (Å²) in [6.07, 6.45) is 0.240. The Morgan fingerprint density at radius 2 is 1.46 bits per heavy atom. The van der Waals surface area contributed by atoms with E-state index in [1.54, 1.807) is 24.3 Å². The molecule has 2 saturated heterocycles. The lowest BCUT2D eigenvalue weighted by Gasteiger charge is -2.32. The number of carbonyl (C=O) groups is 3. The van der Waals surface area contributed by atoms with Crippen LogP contribution in [0.5, 0.6) is 0 Å². The van der Waals surface area contributed by atoms with Crippen molar-refractivity contribution in [3.63, 3.8) is 0 Å². The second kappa shape index (κ2) is 8.78. The van der Waals surface area contributed by atoms with E-state index in [1.807, 2.05) is 74.5 Å². The van der Waals surface area contributed by atoms with Gasteiger partial charge in [0.05, 0.1) is 17.5 Å². The number of rotatable bonds is 6. The summed E-state index contributed by atoms with van der Waals surface area (Å²) in [6.45, 7) is 3.86. The van der Waals surface area contributed by atoms with Crippen LogP contribution in [0.15, 0.2) is 84.9 Å². The van der Waals surface area contributed by atoms with Gasteiger partial charge >= 0.3 is 5.97 Å². The Bertz CT molecular complexity index is 1260. The van der Waals surface area contributed by atoms with Crippen LogP contribution in [0.1, 0.15) is 31.9 Å². The van der Waals surface area contributed by atoms with Crippen LogP contribution >= 0.6 is 0 Å². The summed E-state index contributed by atoms with van der Waals surface area (Å²) in [6, 6.07) is 25.9. The molecule has 0 aliphatic carbocycles. The third-order valence-electron chi connectivity index (χ3n) is 7.16. The second-order valence-electron chi connectivity index (χ2n) is 9.84. The molecule has 2 aliphatic heterocycles. The van der Waals surface area contributed by atoms with Crippen molar-refractivity contribution < 1.29 is 19.5 Å². The minimum absolute atomic E-state index is 0.00661. The quantitative estimate of drug-likeness (QED) is 0.514. The number of anilines is 1. The standard InChI is InChI=1S/C29H28N2O4/c1-18(2)17-29(28(34)35)24-23(26(32)31(27(24)33)22-11-7-4-8-12-22)25(30-29)21-15-13-20(14-16-21)19-9-5-3-6-10-19/h3-16,18,23-25,30H,17H2,1-2H3,(H,34,35). The second-order valence-corrected chi connectivity index (χ2v) is 9.84. The molecule has 6 nitrogen and oxygen atoms in total. The van der Waals surface area contributed by atoms with Gasteiger partial charge < -0.3 is 5.11 Å². The van der Waals surface area contributed by atoms with Gasteiger partial charge in [0, 0.05) is 6.04 Å². The molecule has 2 fully saturated rings. The Morgan fingerprint density at radius 3 is 2.03 bits per heavy atom. The molecule has 6 heteroatoms. The molecule has 2 N–H and O–H groups in total. The van der Waals surface area contributed by atoms with E-state index in [1.165, 1.54) is 4.90 Å². The predicted octanol–water partition coefficient (Wildman–Crippen LogP) is 4.67. The molecule has 0 radical (unpaired) electrons. The highest BCUT2D eigenvalue weighted by molar-refractivity contribution is 6.24. The highest BCUT2D eigenvalue weighted by Gasteiger charge is 2.68. The number of hydrogen-bond donors (Lipinski definition) is 2. The molecule has 0 bridgehead atoms. The molecule has 178 valence electrons. The van der Waals surface area contributed by atoms with Gasteiger partial charge in [-0.2, -0.15) is 0 Å². The first kappa shape index (κ1) is 23.0. The fourth-order valence-electron chi connectivity index (χ4n) is 5.75. The zero-order valence-corrected chi connectivity index (χ0v) is 19.7. The number of nitrogens with one attached hydrogen (secondary N) is 1. The van der Waals surface area contributed by atoms with Gasteiger partial charge in [0.15, 0.2) is 0 Å². The average molecular weight is 469 g/mol. The fraction of sp³-hybridized carbons (Fsp3) is 0.276. The lowest BCUT2D eigenvalue weighted by atomic mass is 9.75. The highest BCUT2D eigenvalue weighted by atomic mass is 16.4. The summed E-state index contributed by atoms with van der Waals surface area (Å²) in [5, 5.41) is 13.7. The first-order valence-electron chi connectivity index (χ1n) is 11.9. The number of hydrogen-bond acceptors (Lipinski definition) is 4. The van der Waals surface area contributed by atoms with Crippen LogP contribution in [-0.2, 0) is 14.4 Å². The third-order valence-corrected chi connectivity index (χ3v) is 7.16. The van der Waals surface area contributed by atoms with Gasteiger partial charge in [0.1, 0.15) is 5.54 Å². The highest BCUT2D eigenvalue weighted by Crippen LogP contribution is 2.51. The van der Waals surface area contributed by atoms with Crippen LogP contribution in [0.4, 0.5) is 5.69 Å². The number of carbonyl (C=O) groups excluding carboxylic acids is 2. The number of amides is 2. The summed E-state index contributed by atoms with van der Waals surface area (Å²) in [5.41, 5.74) is 1.83.